The van der Waals surface area contributed by atoms with Gasteiger partial charge >= 0.3 is 0 Å². The Labute approximate surface area is 232 Å². The smallest absolute Gasteiger partial charge is 0.295 e. The fourth-order valence-corrected chi connectivity index (χ4v) is 4.63. The van der Waals surface area contributed by atoms with E-state index in [0.29, 0.717) is 29.6 Å². The lowest BCUT2D eigenvalue weighted by Crippen LogP contribution is -2.29. The zero-order chi connectivity index (χ0) is 28.3. The molecule has 1 aliphatic rings. The van der Waals surface area contributed by atoms with Crippen molar-refractivity contribution in [1.82, 2.24) is 4.90 Å². The highest BCUT2D eigenvalue weighted by atomic mass is 35.5. The van der Waals surface area contributed by atoms with Crippen molar-refractivity contribution in [2.45, 2.75) is 26.4 Å². The fraction of sp³-hybridized carbons (Fsp3) is 0.267. The molecule has 1 unspecified atom stereocenters. The maximum atomic E-state index is 13.4. The molecule has 3 aromatic rings. The monoisotopic (exact) mass is 551 g/mol. The number of amides is 1. The number of phenols is 1. The Kier molecular flexibility index (Phi) is 8.35. The van der Waals surface area contributed by atoms with Gasteiger partial charge in [-0.1, -0.05) is 49.7 Å². The summed E-state index contributed by atoms with van der Waals surface area (Å²) >= 11 is 6.32. The summed E-state index contributed by atoms with van der Waals surface area (Å²) in [6.45, 7) is 4.79. The first-order chi connectivity index (χ1) is 18.6. The molecule has 8 nitrogen and oxygen atoms in total. The summed E-state index contributed by atoms with van der Waals surface area (Å²) in [5.74, 6) is -0.425. The Bertz CT molecular complexity index is 1400. The fourth-order valence-electron chi connectivity index (χ4n) is 4.39. The summed E-state index contributed by atoms with van der Waals surface area (Å²) < 4.78 is 16.4. The predicted octanol–water partition coefficient (Wildman–Crippen LogP) is 5.72. The number of ether oxygens (including phenoxy) is 3. The van der Waals surface area contributed by atoms with E-state index in [0.717, 1.165) is 5.56 Å². The number of methoxy groups -OCH3 is 2. The van der Waals surface area contributed by atoms with Crippen LogP contribution in [0.5, 0.6) is 23.0 Å². The molecule has 39 heavy (non-hydrogen) atoms. The standard InChI is InChI=1S/C30H30ClNO7/c1-17(2)16-39-21-11-5-18(6-12-21)15-32-27(19-7-9-20(33)10-8-19)26(29(35)30(32)36)28(34)22-13-23(31)25(38-4)14-24(22)37-3/h5-14,17,27,33-34H,15-16H2,1-4H3/b28-26+. The average molecular weight is 552 g/mol. The number of ketones is 1. The lowest BCUT2D eigenvalue weighted by molar-refractivity contribution is -0.140. The van der Waals surface area contributed by atoms with E-state index in [2.05, 4.69) is 13.8 Å². The minimum Gasteiger partial charge on any atom is -0.508 e. The SMILES string of the molecule is COc1cc(OC)c(/C(O)=C2\C(=O)C(=O)N(Cc3ccc(OCC(C)C)cc3)C2c2ccc(O)cc2)cc1Cl. The zero-order valence-electron chi connectivity index (χ0n) is 22.1. The maximum absolute atomic E-state index is 13.4. The number of phenolic OH excluding ortho intramolecular Hbond substituents is 1. The van der Waals surface area contributed by atoms with Gasteiger partial charge in [0.1, 0.15) is 28.8 Å². The van der Waals surface area contributed by atoms with Gasteiger partial charge in [-0.25, -0.2) is 0 Å². The number of nitrogens with zero attached hydrogens (tertiary/aromatic N) is 1. The Hall–Kier alpha value is -4.17. The molecule has 1 aliphatic heterocycles. The van der Waals surface area contributed by atoms with E-state index in [1.54, 1.807) is 12.1 Å². The molecule has 3 aromatic carbocycles. The maximum Gasteiger partial charge on any atom is 0.295 e. The molecule has 0 radical (unpaired) electrons. The number of carbonyl (C=O) groups excluding carboxylic acids is 2. The third kappa shape index (κ3) is 5.81. The zero-order valence-corrected chi connectivity index (χ0v) is 22.9. The first-order valence-electron chi connectivity index (χ1n) is 12.4. The Morgan fingerprint density at radius 2 is 1.62 bits per heavy atom. The minimum atomic E-state index is -0.937. The normalized spacial score (nSPS) is 16.6. The average Bonchev–Trinajstić information content (AvgIpc) is 3.17. The number of carbonyl (C=O) groups is 2. The number of aromatic hydroxyl groups is 1. The van der Waals surface area contributed by atoms with Crippen LogP contribution >= 0.6 is 11.6 Å². The molecule has 1 fully saturated rings. The lowest BCUT2D eigenvalue weighted by atomic mass is 9.94. The molecule has 9 heteroatoms. The number of aliphatic hydroxyl groups is 1. The van der Waals surface area contributed by atoms with Crippen LogP contribution in [0.2, 0.25) is 5.02 Å². The molecular weight excluding hydrogens is 522 g/mol. The number of halogens is 1. The van der Waals surface area contributed by atoms with Gasteiger partial charge < -0.3 is 29.3 Å². The molecule has 1 heterocycles. The van der Waals surface area contributed by atoms with Crippen molar-refractivity contribution < 1.29 is 34.0 Å². The van der Waals surface area contributed by atoms with Crippen LogP contribution in [0.3, 0.4) is 0 Å². The molecule has 0 bridgehead atoms. The first kappa shape index (κ1) is 27.9. The van der Waals surface area contributed by atoms with Crippen LogP contribution in [-0.2, 0) is 16.1 Å². The number of benzene rings is 3. The van der Waals surface area contributed by atoms with Crippen molar-refractivity contribution >= 4 is 29.1 Å². The van der Waals surface area contributed by atoms with E-state index < -0.39 is 23.5 Å². The van der Waals surface area contributed by atoms with Crippen molar-refractivity contribution in [2.75, 3.05) is 20.8 Å². The number of Topliss-reactive ketones (excluding diaryl/α,β-unsaturated/α-hetero) is 1. The summed E-state index contributed by atoms with van der Waals surface area (Å²) in [7, 11) is 2.85. The molecular formula is C30H30ClNO7. The minimum absolute atomic E-state index is 0.0243. The van der Waals surface area contributed by atoms with Crippen LogP contribution in [0.15, 0.2) is 66.2 Å². The topological polar surface area (TPSA) is 106 Å². The van der Waals surface area contributed by atoms with E-state index >= 15 is 0 Å². The molecule has 0 spiro atoms. The Morgan fingerprint density at radius 3 is 2.21 bits per heavy atom. The van der Waals surface area contributed by atoms with Crippen molar-refractivity contribution in [1.29, 1.82) is 0 Å². The highest BCUT2D eigenvalue weighted by Crippen LogP contribution is 2.43. The van der Waals surface area contributed by atoms with Crippen LogP contribution in [0.25, 0.3) is 5.76 Å². The molecule has 0 aliphatic carbocycles. The number of hydrogen-bond acceptors (Lipinski definition) is 7. The van der Waals surface area contributed by atoms with Gasteiger partial charge in [0, 0.05) is 12.6 Å². The molecule has 1 atom stereocenters. The van der Waals surface area contributed by atoms with E-state index in [4.69, 9.17) is 25.8 Å². The second-order valence-electron chi connectivity index (χ2n) is 9.55. The summed E-state index contributed by atoms with van der Waals surface area (Å²) in [5, 5.41) is 21.5. The van der Waals surface area contributed by atoms with E-state index in [1.807, 2.05) is 24.3 Å². The van der Waals surface area contributed by atoms with Crippen molar-refractivity contribution in [3.8, 4) is 23.0 Å². The van der Waals surface area contributed by atoms with E-state index in [1.165, 1.54) is 43.4 Å². The van der Waals surface area contributed by atoms with Crippen molar-refractivity contribution in [3.05, 3.63) is 87.9 Å². The van der Waals surface area contributed by atoms with E-state index in [9.17, 15) is 19.8 Å². The molecule has 1 amide bonds. The van der Waals surface area contributed by atoms with Gasteiger partial charge in [-0.15, -0.1) is 0 Å². The number of hydrogen-bond donors (Lipinski definition) is 2. The van der Waals surface area contributed by atoms with Gasteiger partial charge in [0.25, 0.3) is 11.7 Å². The predicted molar refractivity (Wildman–Crippen MR) is 147 cm³/mol. The highest BCUT2D eigenvalue weighted by Gasteiger charge is 2.46. The summed E-state index contributed by atoms with van der Waals surface area (Å²) in [5.41, 5.74) is 1.31. The third-order valence-corrected chi connectivity index (χ3v) is 6.63. The third-order valence-electron chi connectivity index (χ3n) is 6.34. The second-order valence-corrected chi connectivity index (χ2v) is 9.96. The van der Waals surface area contributed by atoms with Gasteiger partial charge in [0.2, 0.25) is 0 Å². The van der Waals surface area contributed by atoms with Crippen LogP contribution < -0.4 is 14.2 Å². The van der Waals surface area contributed by atoms with Crippen LogP contribution in [0.4, 0.5) is 0 Å². The largest absolute Gasteiger partial charge is 0.508 e. The van der Waals surface area contributed by atoms with Crippen LogP contribution in [0.1, 0.15) is 36.6 Å². The Morgan fingerprint density at radius 1 is 0.974 bits per heavy atom. The van der Waals surface area contributed by atoms with Gasteiger partial charge in [-0.2, -0.15) is 0 Å². The molecule has 0 saturated carbocycles. The van der Waals surface area contributed by atoms with Gasteiger partial charge in [-0.3, -0.25) is 9.59 Å². The van der Waals surface area contributed by atoms with Gasteiger partial charge in [0.05, 0.1) is 43.0 Å². The molecule has 1 saturated heterocycles. The number of likely N-dealkylation sites (tertiary alicyclic amines) is 1. The summed E-state index contributed by atoms with van der Waals surface area (Å²) in [6.07, 6.45) is 0. The van der Waals surface area contributed by atoms with Crippen LogP contribution in [0, 0.1) is 5.92 Å². The molecule has 4 rings (SSSR count). The quantitative estimate of drug-likeness (QED) is 0.199. The molecule has 204 valence electrons. The second kappa shape index (κ2) is 11.7. The molecule has 0 aromatic heterocycles. The van der Waals surface area contributed by atoms with Gasteiger partial charge in [0.15, 0.2) is 0 Å². The lowest BCUT2D eigenvalue weighted by Gasteiger charge is -2.26. The number of rotatable bonds is 9. The van der Waals surface area contributed by atoms with Crippen molar-refractivity contribution in [3.63, 3.8) is 0 Å². The first-order valence-corrected chi connectivity index (χ1v) is 12.7. The van der Waals surface area contributed by atoms with Crippen molar-refractivity contribution in [2.24, 2.45) is 5.92 Å². The summed E-state index contributed by atoms with van der Waals surface area (Å²) in [6, 6.07) is 15.4. The van der Waals surface area contributed by atoms with Gasteiger partial charge in [-0.05, 0) is 47.4 Å². The van der Waals surface area contributed by atoms with Crippen LogP contribution in [-0.4, -0.2) is 47.6 Å². The van der Waals surface area contributed by atoms with E-state index in [-0.39, 0.29) is 34.2 Å². The molecule has 2 N–H and O–H groups in total. The Balaban J connectivity index is 1.79. The summed E-state index contributed by atoms with van der Waals surface area (Å²) in [4.78, 5) is 28.1. The highest BCUT2D eigenvalue weighted by molar-refractivity contribution is 6.46. The number of aliphatic hydroxyl groups excluding tert-OH is 1.